The number of carbonyl (C=O) groups excluding carboxylic acids is 3. The molecule has 166 valence electrons. The zero-order valence-corrected chi connectivity index (χ0v) is 18.0. The number of nitrogens with zero attached hydrogens (tertiary/aromatic N) is 2. The Labute approximate surface area is 177 Å². The number of aryl methyl sites for hydroxylation is 1. The number of amides is 3. The Morgan fingerprint density at radius 2 is 1.70 bits per heavy atom. The minimum atomic E-state index is -0.989. The first-order valence-electron chi connectivity index (χ1n) is 9.51. The molecular formula is C20H33N7O3. The third-order valence-corrected chi connectivity index (χ3v) is 3.88. The van der Waals surface area contributed by atoms with Crippen molar-refractivity contribution in [3.63, 3.8) is 0 Å². The Bertz CT molecular complexity index is 791. The number of nitrogens with two attached hydrogens (primary N) is 3. The molecule has 8 N–H and O–H groups in total. The minimum absolute atomic E-state index is 0.0416. The standard InChI is InChI=1S/C18H23N5O3.2CH5N/c1-3-23-13(9-14(22-23)12-7-5-4-6-8-12)10-17(25)21-15(11-16(19)24)18(26)20-2;2*1-2/h4-9,15H,3,10-11H2,1-2H3,(H2,19,24)(H,20,26)(H,21,25);2*2H2,1H3/t15-;;/m0../s1. The average Bonchev–Trinajstić information content (AvgIpc) is 3.18. The number of nitrogens with one attached hydrogen (secondary N) is 2. The van der Waals surface area contributed by atoms with Gasteiger partial charge in [0.2, 0.25) is 17.7 Å². The molecule has 3 amide bonds. The first-order chi connectivity index (χ1) is 14.4. The maximum atomic E-state index is 12.4. The lowest BCUT2D eigenvalue weighted by molar-refractivity contribution is -0.130. The molecule has 1 aromatic carbocycles. The fourth-order valence-corrected chi connectivity index (χ4v) is 2.62. The van der Waals surface area contributed by atoms with E-state index in [1.54, 1.807) is 4.68 Å². The fraction of sp³-hybridized carbons (Fsp3) is 0.400. The van der Waals surface area contributed by atoms with Gasteiger partial charge in [-0.1, -0.05) is 30.3 Å². The molecular weight excluding hydrogens is 386 g/mol. The first-order valence-corrected chi connectivity index (χ1v) is 9.51. The molecule has 0 saturated heterocycles. The van der Waals surface area contributed by atoms with Crippen molar-refractivity contribution in [3.05, 3.63) is 42.1 Å². The third kappa shape index (κ3) is 8.41. The van der Waals surface area contributed by atoms with Gasteiger partial charge in [-0.3, -0.25) is 19.1 Å². The summed E-state index contributed by atoms with van der Waals surface area (Å²) in [6.45, 7) is 2.54. The van der Waals surface area contributed by atoms with Crippen molar-refractivity contribution >= 4 is 17.7 Å². The topological polar surface area (TPSA) is 171 Å². The largest absolute Gasteiger partial charge is 0.370 e. The van der Waals surface area contributed by atoms with Gasteiger partial charge < -0.3 is 27.8 Å². The van der Waals surface area contributed by atoms with Crippen LogP contribution in [0.1, 0.15) is 19.0 Å². The summed E-state index contributed by atoms with van der Waals surface area (Å²) < 4.78 is 1.74. The highest BCUT2D eigenvalue weighted by Crippen LogP contribution is 2.19. The molecule has 0 bridgehead atoms. The van der Waals surface area contributed by atoms with Gasteiger partial charge in [-0.25, -0.2) is 0 Å². The zero-order valence-electron chi connectivity index (χ0n) is 18.0. The first kappa shape index (κ1) is 26.8. The van der Waals surface area contributed by atoms with Crippen molar-refractivity contribution in [1.29, 1.82) is 0 Å². The highest BCUT2D eigenvalue weighted by molar-refractivity contribution is 5.91. The van der Waals surface area contributed by atoms with Crippen LogP contribution in [0.5, 0.6) is 0 Å². The molecule has 0 fully saturated rings. The van der Waals surface area contributed by atoms with Crippen molar-refractivity contribution < 1.29 is 14.4 Å². The predicted molar refractivity (Wildman–Crippen MR) is 117 cm³/mol. The molecule has 2 rings (SSSR count). The molecule has 0 saturated carbocycles. The number of hydrogen-bond acceptors (Lipinski definition) is 6. The van der Waals surface area contributed by atoms with Crippen molar-refractivity contribution in [2.24, 2.45) is 17.2 Å². The number of likely N-dealkylation sites (N-methyl/N-ethyl adjacent to an activating group) is 1. The molecule has 0 aliphatic carbocycles. The second-order valence-corrected chi connectivity index (χ2v) is 5.78. The minimum Gasteiger partial charge on any atom is -0.370 e. The summed E-state index contributed by atoms with van der Waals surface area (Å²) in [4.78, 5) is 35.3. The Kier molecular flexibility index (Phi) is 13.1. The number of primary amides is 1. The summed E-state index contributed by atoms with van der Waals surface area (Å²) in [5, 5.41) is 9.48. The van der Waals surface area contributed by atoms with E-state index in [9.17, 15) is 14.4 Å². The van der Waals surface area contributed by atoms with E-state index in [1.807, 2.05) is 43.3 Å². The van der Waals surface area contributed by atoms with Crippen LogP contribution in [0.25, 0.3) is 11.3 Å². The van der Waals surface area contributed by atoms with Crippen LogP contribution in [-0.2, 0) is 27.3 Å². The van der Waals surface area contributed by atoms with E-state index in [2.05, 4.69) is 27.2 Å². The summed E-state index contributed by atoms with van der Waals surface area (Å²) in [5.74, 6) is -1.51. The van der Waals surface area contributed by atoms with E-state index < -0.39 is 17.9 Å². The normalized spacial score (nSPS) is 10.5. The molecule has 10 nitrogen and oxygen atoms in total. The fourth-order valence-electron chi connectivity index (χ4n) is 2.62. The lowest BCUT2D eigenvalue weighted by atomic mass is 10.1. The highest BCUT2D eigenvalue weighted by Gasteiger charge is 2.22. The lowest BCUT2D eigenvalue weighted by Crippen LogP contribution is -2.48. The maximum Gasteiger partial charge on any atom is 0.242 e. The quantitative estimate of drug-likeness (QED) is 0.381. The Morgan fingerprint density at radius 1 is 1.10 bits per heavy atom. The van der Waals surface area contributed by atoms with E-state index in [0.717, 1.165) is 17.0 Å². The van der Waals surface area contributed by atoms with E-state index in [1.165, 1.54) is 21.1 Å². The van der Waals surface area contributed by atoms with Gasteiger partial charge in [0.15, 0.2) is 0 Å². The van der Waals surface area contributed by atoms with Crippen LogP contribution < -0.4 is 27.8 Å². The summed E-state index contributed by atoms with van der Waals surface area (Å²) in [7, 11) is 4.43. The highest BCUT2D eigenvalue weighted by atomic mass is 16.2. The van der Waals surface area contributed by atoms with Crippen LogP contribution in [0, 0.1) is 0 Å². The van der Waals surface area contributed by atoms with Crippen LogP contribution in [0.4, 0.5) is 0 Å². The van der Waals surface area contributed by atoms with Crippen LogP contribution in [0.15, 0.2) is 36.4 Å². The summed E-state index contributed by atoms with van der Waals surface area (Å²) in [6.07, 6.45) is -0.215. The second-order valence-electron chi connectivity index (χ2n) is 5.78. The van der Waals surface area contributed by atoms with Crippen LogP contribution in [-0.4, -0.2) is 54.7 Å². The van der Waals surface area contributed by atoms with Crippen LogP contribution >= 0.6 is 0 Å². The molecule has 0 radical (unpaired) electrons. The van der Waals surface area contributed by atoms with Crippen molar-refractivity contribution in [3.8, 4) is 11.3 Å². The molecule has 1 aromatic heterocycles. The Morgan fingerprint density at radius 3 is 2.20 bits per heavy atom. The average molecular weight is 420 g/mol. The monoisotopic (exact) mass is 419 g/mol. The van der Waals surface area contributed by atoms with Crippen LogP contribution in [0.2, 0.25) is 0 Å². The van der Waals surface area contributed by atoms with Gasteiger partial charge in [0.1, 0.15) is 6.04 Å². The number of rotatable bonds is 8. The summed E-state index contributed by atoms with van der Waals surface area (Å²) in [5.41, 5.74) is 16.6. The van der Waals surface area contributed by atoms with E-state index >= 15 is 0 Å². The molecule has 0 unspecified atom stereocenters. The SMILES string of the molecule is CCn1nc(-c2ccccc2)cc1CC(=O)N[C@@H](CC(N)=O)C(=O)NC.CN.CN. The van der Waals surface area contributed by atoms with Crippen LogP contribution in [0.3, 0.4) is 0 Å². The van der Waals surface area contributed by atoms with Crippen molar-refractivity contribution in [2.45, 2.75) is 32.4 Å². The number of aromatic nitrogens is 2. The van der Waals surface area contributed by atoms with Gasteiger partial charge in [-0.05, 0) is 27.1 Å². The van der Waals surface area contributed by atoms with Gasteiger partial charge in [0, 0.05) is 24.8 Å². The number of carbonyl (C=O) groups is 3. The second kappa shape index (κ2) is 14.7. The molecule has 10 heteroatoms. The van der Waals surface area contributed by atoms with Gasteiger partial charge in [-0.15, -0.1) is 0 Å². The van der Waals surface area contributed by atoms with Gasteiger partial charge in [0.25, 0.3) is 0 Å². The smallest absolute Gasteiger partial charge is 0.242 e. The Hall–Kier alpha value is -3.24. The van der Waals surface area contributed by atoms with E-state index in [0.29, 0.717) is 6.54 Å². The molecule has 30 heavy (non-hydrogen) atoms. The van der Waals surface area contributed by atoms with Crippen molar-refractivity contribution in [2.75, 3.05) is 21.1 Å². The van der Waals surface area contributed by atoms with E-state index in [-0.39, 0.29) is 18.7 Å². The van der Waals surface area contributed by atoms with E-state index in [4.69, 9.17) is 5.73 Å². The third-order valence-electron chi connectivity index (χ3n) is 3.88. The molecule has 1 heterocycles. The van der Waals surface area contributed by atoms with Gasteiger partial charge in [0.05, 0.1) is 18.5 Å². The molecule has 2 aromatic rings. The Balaban J connectivity index is 0.00000198. The molecule has 1 atom stereocenters. The zero-order chi connectivity index (χ0) is 23.1. The summed E-state index contributed by atoms with van der Waals surface area (Å²) in [6, 6.07) is 10.5. The maximum absolute atomic E-state index is 12.4. The summed E-state index contributed by atoms with van der Waals surface area (Å²) >= 11 is 0. The molecule has 0 aliphatic rings. The van der Waals surface area contributed by atoms with Gasteiger partial charge >= 0.3 is 0 Å². The number of benzene rings is 1. The molecule has 0 aliphatic heterocycles. The predicted octanol–water partition coefficient (Wildman–Crippen LogP) is -0.631. The lowest BCUT2D eigenvalue weighted by Gasteiger charge is -2.15. The van der Waals surface area contributed by atoms with Gasteiger partial charge in [-0.2, -0.15) is 5.10 Å². The number of hydrogen-bond donors (Lipinski definition) is 5. The van der Waals surface area contributed by atoms with Crippen molar-refractivity contribution in [1.82, 2.24) is 20.4 Å². The molecule has 0 spiro atoms.